The summed E-state index contributed by atoms with van der Waals surface area (Å²) in [5, 5.41) is 10.7. The number of hydrogen-bond donors (Lipinski definition) is 1. The predicted molar refractivity (Wildman–Crippen MR) is 122 cm³/mol. The third kappa shape index (κ3) is 4.06. The first-order valence-electron chi connectivity index (χ1n) is 9.74. The Morgan fingerprint density at radius 2 is 2.06 bits per heavy atom. The van der Waals surface area contributed by atoms with Crippen molar-refractivity contribution in [2.75, 3.05) is 31.3 Å². The fourth-order valence-electron chi connectivity index (χ4n) is 3.10. The maximum absolute atomic E-state index is 12.0. The molecule has 1 aliphatic heterocycles. The molecule has 4 rings (SSSR count). The van der Waals surface area contributed by atoms with Crippen LogP contribution < -0.4 is 9.04 Å². The lowest BCUT2D eigenvalue weighted by Crippen LogP contribution is -2.26. The Bertz CT molecular complexity index is 1490. The highest BCUT2D eigenvalue weighted by molar-refractivity contribution is 7.92. The van der Waals surface area contributed by atoms with Crippen LogP contribution in [0.3, 0.4) is 0 Å². The maximum Gasteiger partial charge on any atom is 0.233 e. The van der Waals surface area contributed by atoms with Crippen LogP contribution in [0.5, 0.6) is 11.5 Å². The van der Waals surface area contributed by atoms with Crippen LogP contribution in [0.4, 0.5) is 5.82 Å². The van der Waals surface area contributed by atoms with Crippen molar-refractivity contribution in [1.29, 1.82) is 0 Å². The lowest BCUT2D eigenvalue weighted by atomic mass is 10.2. The Balaban J connectivity index is 2.07. The number of aliphatic imine (C=N–C) groups is 1. The lowest BCUT2D eigenvalue weighted by molar-refractivity contribution is 0.330. The molecular formula is C21H20N6O5S. The van der Waals surface area contributed by atoms with Crippen LogP contribution in [0.2, 0.25) is 0 Å². The Morgan fingerprint density at radius 1 is 1.27 bits per heavy atom. The van der Waals surface area contributed by atoms with Gasteiger partial charge in [0.15, 0.2) is 28.6 Å². The third-order valence-electron chi connectivity index (χ3n) is 4.71. The quantitative estimate of drug-likeness (QED) is 0.544. The van der Waals surface area contributed by atoms with E-state index in [9.17, 15) is 13.5 Å². The molecule has 1 aliphatic rings. The molecule has 12 heteroatoms. The number of sulfonamides is 1. The molecule has 0 bridgehead atoms. The average molecular weight is 468 g/mol. The number of phenols is 1. The second-order valence-electron chi connectivity index (χ2n) is 6.85. The summed E-state index contributed by atoms with van der Waals surface area (Å²) in [6.07, 6.45) is 3.89. The number of rotatable bonds is 6. The number of imidazole rings is 1. The topological polar surface area (TPSA) is 132 Å². The summed E-state index contributed by atoms with van der Waals surface area (Å²) in [5.74, 6) is 0.806. The van der Waals surface area contributed by atoms with Crippen LogP contribution in [0.15, 0.2) is 46.9 Å². The number of hydrogen-bond acceptors (Lipinski definition) is 9. The second kappa shape index (κ2) is 8.44. The minimum atomic E-state index is -3.59. The standard InChI is InChI=1S/C21H20N6O5S/c1-5-32-17-11-6-8-13(23-17)20-25-19-21(24-16(12-22-19)26(2)33(4,29)30)27(20)18-14(28)9-7-10-15(18)31-3/h7,9-12,28H,5H2,1-4H3. The maximum atomic E-state index is 12.0. The molecule has 0 unspecified atom stereocenters. The number of benzene rings is 1. The number of anilines is 1. The molecule has 1 aromatic carbocycles. The summed E-state index contributed by atoms with van der Waals surface area (Å²) in [5.41, 5.74) is 6.58. The molecule has 170 valence electrons. The van der Waals surface area contributed by atoms with Crippen molar-refractivity contribution in [3.8, 4) is 17.2 Å². The Labute approximate surface area is 189 Å². The third-order valence-corrected chi connectivity index (χ3v) is 5.89. The number of phenolic OH excluding ortho intramolecular Hbond substituents is 1. The fraction of sp³-hybridized carbons (Fsp3) is 0.238. The van der Waals surface area contributed by atoms with E-state index in [1.807, 2.05) is 6.92 Å². The molecule has 33 heavy (non-hydrogen) atoms. The summed E-state index contributed by atoms with van der Waals surface area (Å²) in [6.45, 7) is 2.23. The van der Waals surface area contributed by atoms with E-state index in [0.717, 1.165) is 10.6 Å². The second-order valence-corrected chi connectivity index (χ2v) is 8.86. The fourth-order valence-corrected chi connectivity index (χ4v) is 3.53. The molecule has 0 saturated heterocycles. The summed E-state index contributed by atoms with van der Waals surface area (Å²) in [4.78, 5) is 17.7. The molecule has 0 radical (unpaired) electrons. The van der Waals surface area contributed by atoms with Gasteiger partial charge in [0.05, 0.1) is 32.2 Å². The Morgan fingerprint density at radius 3 is 2.76 bits per heavy atom. The number of aromatic nitrogens is 4. The summed E-state index contributed by atoms with van der Waals surface area (Å²) < 4.78 is 37.5. The lowest BCUT2D eigenvalue weighted by Gasteiger charge is -2.16. The van der Waals surface area contributed by atoms with Crippen molar-refractivity contribution in [2.24, 2.45) is 4.99 Å². The van der Waals surface area contributed by atoms with E-state index < -0.39 is 10.0 Å². The molecule has 0 amide bonds. The Hall–Kier alpha value is -4.11. The van der Waals surface area contributed by atoms with E-state index >= 15 is 0 Å². The first-order valence-corrected chi connectivity index (χ1v) is 11.6. The van der Waals surface area contributed by atoms with Gasteiger partial charge in [-0.1, -0.05) is 11.8 Å². The van der Waals surface area contributed by atoms with E-state index in [4.69, 9.17) is 9.47 Å². The highest BCUT2D eigenvalue weighted by Gasteiger charge is 2.25. The first kappa shape index (κ1) is 22.1. The van der Waals surface area contributed by atoms with Gasteiger partial charge in [0.25, 0.3) is 0 Å². The molecule has 3 heterocycles. The van der Waals surface area contributed by atoms with Gasteiger partial charge in [0.2, 0.25) is 15.9 Å². The molecule has 0 aliphatic carbocycles. The molecule has 11 nitrogen and oxygen atoms in total. The number of fused-ring (bicyclic) bond motifs is 1. The monoisotopic (exact) mass is 468 g/mol. The van der Waals surface area contributed by atoms with Crippen LogP contribution in [0.25, 0.3) is 22.7 Å². The van der Waals surface area contributed by atoms with E-state index in [1.54, 1.807) is 12.1 Å². The van der Waals surface area contributed by atoms with Crippen LogP contribution in [0, 0.1) is 0 Å². The van der Waals surface area contributed by atoms with E-state index in [0.29, 0.717) is 18.3 Å². The average Bonchev–Trinajstić information content (AvgIpc) is 3.16. The van der Waals surface area contributed by atoms with E-state index in [1.165, 1.54) is 37.1 Å². The van der Waals surface area contributed by atoms with Crippen molar-refractivity contribution < 1.29 is 23.0 Å². The van der Waals surface area contributed by atoms with Gasteiger partial charge in [-0.25, -0.2) is 28.4 Å². The van der Waals surface area contributed by atoms with Gasteiger partial charge in [0.1, 0.15) is 17.2 Å². The zero-order chi connectivity index (χ0) is 23.8. The van der Waals surface area contributed by atoms with Crippen LogP contribution in [-0.2, 0) is 14.8 Å². The van der Waals surface area contributed by atoms with Crippen molar-refractivity contribution in [3.05, 3.63) is 47.8 Å². The molecule has 0 fully saturated rings. The normalized spacial score (nSPS) is 13.1. The van der Waals surface area contributed by atoms with Gasteiger partial charge in [0, 0.05) is 7.05 Å². The van der Waals surface area contributed by atoms with Crippen molar-refractivity contribution in [1.82, 2.24) is 19.5 Å². The number of nitrogens with zero attached hydrogens (tertiary/aromatic N) is 6. The largest absolute Gasteiger partial charge is 0.506 e. The van der Waals surface area contributed by atoms with Gasteiger partial charge in [-0.3, -0.25) is 8.87 Å². The molecule has 1 N–H and O–H groups in total. The SMILES string of the molecule is CCOC1=NC(c2nc3ncc(N(C)S(C)(=O)=O)nc3n2-c2c(O)cccc2OC)=C=C=C1. The van der Waals surface area contributed by atoms with E-state index in [-0.39, 0.29) is 40.1 Å². The molecule has 2 aromatic heterocycles. The summed E-state index contributed by atoms with van der Waals surface area (Å²) in [7, 11) is -0.771. The minimum Gasteiger partial charge on any atom is -0.506 e. The van der Waals surface area contributed by atoms with Crippen LogP contribution in [-0.4, -0.2) is 66.0 Å². The van der Waals surface area contributed by atoms with Gasteiger partial charge in [-0.2, -0.15) is 0 Å². The number of aromatic hydroxyl groups is 1. The highest BCUT2D eigenvalue weighted by atomic mass is 32.2. The van der Waals surface area contributed by atoms with Crippen LogP contribution in [0.1, 0.15) is 12.7 Å². The molecule has 0 atom stereocenters. The zero-order valence-corrected chi connectivity index (χ0v) is 19.1. The van der Waals surface area contributed by atoms with Gasteiger partial charge < -0.3 is 14.6 Å². The Kier molecular flexibility index (Phi) is 5.65. The summed E-state index contributed by atoms with van der Waals surface area (Å²) in [6, 6.07) is 4.76. The molecule has 0 spiro atoms. The highest BCUT2D eigenvalue weighted by Crippen LogP contribution is 2.36. The number of para-hydroxylation sites is 1. The van der Waals surface area contributed by atoms with Gasteiger partial charge >= 0.3 is 0 Å². The smallest absolute Gasteiger partial charge is 0.233 e. The van der Waals surface area contributed by atoms with Crippen LogP contribution >= 0.6 is 0 Å². The molecular weight excluding hydrogens is 448 g/mol. The van der Waals surface area contributed by atoms with Gasteiger partial charge in [-0.15, -0.1) is 0 Å². The number of methoxy groups -OCH3 is 1. The van der Waals surface area contributed by atoms with Gasteiger partial charge in [-0.05, 0) is 24.8 Å². The zero-order valence-electron chi connectivity index (χ0n) is 18.3. The molecule has 0 saturated carbocycles. The molecule has 3 aromatic rings. The van der Waals surface area contributed by atoms with Crippen molar-refractivity contribution >= 4 is 38.7 Å². The predicted octanol–water partition coefficient (Wildman–Crippen LogP) is 2.03. The number of ether oxygens (including phenoxy) is 2. The van der Waals surface area contributed by atoms with E-state index in [2.05, 4.69) is 31.4 Å². The first-order chi connectivity index (χ1) is 15.7. The minimum absolute atomic E-state index is 0.0682. The van der Waals surface area contributed by atoms with Crippen molar-refractivity contribution in [2.45, 2.75) is 6.92 Å². The summed E-state index contributed by atoms with van der Waals surface area (Å²) >= 11 is 0. The van der Waals surface area contributed by atoms with Crippen molar-refractivity contribution in [3.63, 3.8) is 0 Å².